The highest BCUT2D eigenvalue weighted by atomic mass is 16.5. The summed E-state index contributed by atoms with van der Waals surface area (Å²) in [5, 5.41) is 3.96. The number of anilines is 1. The Hall–Kier alpha value is -1.88. The molecule has 0 heterocycles. The zero-order valence-electron chi connectivity index (χ0n) is 10.9. The molecule has 5 heteroatoms. The zero-order chi connectivity index (χ0) is 13.5. The Bertz CT molecular complexity index is 444. The first-order valence-electron chi connectivity index (χ1n) is 5.75. The highest BCUT2D eigenvalue weighted by Crippen LogP contribution is 2.17. The standard InChI is InChI=1S/C13H19N3O2/c1-4-15-16-12-6-5-10(7-9(12)2)8-11(14)13(17)18-3/h4-7,11,16H,8,14H2,1-3H3/b15-4-. The largest absolute Gasteiger partial charge is 0.468 e. The maximum Gasteiger partial charge on any atom is 0.322 e. The first-order valence-corrected chi connectivity index (χ1v) is 5.75. The predicted molar refractivity (Wildman–Crippen MR) is 72.7 cm³/mol. The minimum atomic E-state index is -0.623. The number of rotatable bonds is 5. The zero-order valence-corrected chi connectivity index (χ0v) is 10.9. The summed E-state index contributed by atoms with van der Waals surface area (Å²) in [7, 11) is 1.34. The van der Waals surface area contributed by atoms with Gasteiger partial charge in [0.05, 0.1) is 12.8 Å². The Morgan fingerprint density at radius 3 is 2.89 bits per heavy atom. The van der Waals surface area contributed by atoms with Gasteiger partial charge in [-0.25, -0.2) is 0 Å². The fourth-order valence-corrected chi connectivity index (χ4v) is 1.60. The highest BCUT2D eigenvalue weighted by molar-refractivity contribution is 5.75. The molecular formula is C13H19N3O2. The Labute approximate surface area is 107 Å². The number of nitrogens with one attached hydrogen (secondary N) is 1. The molecule has 0 aliphatic carbocycles. The normalized spacial score (nSPS) is 12.4. The van der Waals surface area contributed by atoms with Crippen molar-refractivity contribution in [3.63, 3.8) is 0 Å². The van der Waals surface area contributed by atoms with Gasteiger partial charge in [-0.15, -0.1) is 0 Å². The van der Waals surface area contributed by atoms with Crippen molar-refractivity contribution in [1.29, 1.82) is 0 Å². The Morgan fingerprint density at radius 2 is 2.33 bits per heavy atom. The molecule has 1 rings (SSSR count). The van der Waals surface area contributed by atoms with Gasteiger partial charge in [0.1, 0.15) is 6.04 Å². The van der Waals surface area contributed by atoms with Crippen molar-refractivity contribution in [2.24, 2.45) is 10.8 Å². The minimum Gasteiger partial charge on any atom is -0.468 e. The van der Waals surface area contributed by atoms with E-state index in [1.54, 1.807) is 6.21 Å². The summed E-state index contributed by atoms with van der Waals surface area (Å²) in [5.41, 5.74) is 11.6. The lowest BCUT2D eigenvalue weighted by Gasteiger charge is -2.11. The van der Waals surface area contributed by atoms with Crippen molar-refractivity contribution in [1.82, 2.24) is 0 Å². The quantitative estimate of drug-likeness (QED) is 0.470. The van der Waals surface area contributed by atoms with Gasteiger partial charge in [-0.2, -0.15) is 5.10 Å². The Kier molecular flexibility index (Phi) is 5.32. The molecule has 0 saturated heterocycles. The molecule has 0 fully saturated rings. The van der Waals surface area contributed by atoms with Crippen LogP contribution in [0, 0.1) is 6.92 Å². The lowest BCUT2D eigenvalue weighted by Crippen LogP contribution is -2.33. The Morgan fingerprint density at radius 1 is 1.61 bits per heavy atom. The fourth-order valence-electron chi connectivity index (χ4n) is 1.60. The number of carbonyl (C=O) groups is 1. The van der Waals surface area contributed by atoms with Crippen molar-refractivity contribution < 1.29 is 9.53 Å². The topological polar surface area (TPSA) is 76.7 Å². The maximum absolute atomic E-state index is 11.2. The SMILES string of the molecule is C/C=N\Nc1ccc(CC(N)C(=O)OC)cc1C. The second-order valence-electron chi connectivity index (χ2n) is 3.98. The fraction of sp³-hybridized carbons (Fsp3) is 0.385. The number of esters is 1. The Balaban J connectivity index is 2.75. The molecule has 0 bridgehead atoms. The van der Waals surface area contributed by atoms with Crippen LogP contribution >= 0.6 is 0 Å². The van der Waals surface area contributed by atoms with E-state index in [4.69, 9.17) is 5.73 Å². The van der Waals surface area contributed by atoms with Gasteiger partial charge < -0.3 is 10.5 Å². The van der Waals surface area contributed by atoms with E-state index in [1.165, 1.54) is 7.11 Å². The first kappa shape index (κ1) is 14.2. The van der Waals surface area contributed by atoms with Crippen molar-refractivity contribution >= 4 is 17.9 Å². The number of aryl methyl sites for hydroxylation is 1. The summed E-state index contributed by atoms with van der Waals surface area (Å²) in [5.74, 6) is -0.398. The summed E-state index contributed by atoms with van der Waals surface area (Å²) in [6, 6.07) is 5.20. The molecule has 0 saturated carbocycles. The number of hydrogen-bond acceptors (Lipinski definition) is 5. The molecular weight excluding hydrogens is 230 g/mol. The first-order chi connectivity index (χ1) is 8.58. The minimum absolute atomic E-state index is 0.398. The molecule has 0 aliphatic rings. The van der Waals surface area contributed by atoms with Crippen LogP contribution in [0.25, 0.3) is 0 Å². The van der Waals surface area contributed by atoms with Crippen LogP contribution in [0.4, 0.5) is 5.69 Å². The van der Waals surface area contributed by atoms with Crippen molar-refractivity contribution in [2.45, 2.75) is 26.3 Å². The third-order valence-electron chi connectivity index (χ3n) is 2.56. The van der Waals surface area contributed by atoms with Gasteiger partial charge in [-0.05, 0) is 37.5 Å². The number of methoxy groups -OCH3 is 1. The van der Waals surface area contributed by atoms with Crippen LogP contribution in [0.2, 0.25) is 0 Å². The van der Waals surface area contributed by atoms with Crippen LogP contribution in [0.3, 0.4) is 0 Å². The second-order valence-corrected chi connectivity index (χ2v) is 3.98. The molecule has 1 aromatic rings. The van der Waals surface area contributed by atoms with Crippen LogP contribution in [-0.4, -0.2) is 25.3 Å². The third kappa shape index (κ3) is 3.85. The summed E-state index contributed by atoms with van der Waals surface area (Å²) in [6.07, 6.45) is 2.14. The number of nitrogens with two attached hydrogens (primary N) is 1. The van der Waals surface area contributed by atoms with E-state index in [-0.39, 0.29) is 0 Å². The van der Waals surface area contributed by atoms with Crippen LogP contribution in [-0.2, 0) is 16.0 Å². The van der Waals surface area contributed by atoms with Crippen LogP contribution < -0.4 is 11.2 Å². The van der Waals surface area contributed by atoms with Crippen molar-refractivity contribution in [3.05, 3.63) is 29.3 Å². The molecule has 1 atom stereocenters. The van der Waals surface area contributed by atoms with E-state index >= 15 is 0 Å². The van der Waals surface area contributed by atoms with Crippen LogP contribution in [0.5, 0.6) is 0 Å². The van der Waals surface area contributed by atoms with Gasteiger partial charge in [0.25, 0.3) is 0 Å². The molecule has 1 aromatic carbocycles. The lowest BCUT2D eigenvalue weighted by atomic mass is 10.0. The second kappa shape index (κ2) is 6.76. The third-order valence-corrected chi connectivity index (χ3v) is 2.56. The van der Waals surface area contributed by atoms with E-state index < -0.39 is 12.0 Å². The van der Waals surface area contributed by atoms with E-state index in [2.05, 4.69) is 15.3 Å². The van der Waals surface area contributed by atoms with Gasteiger partial charge in [0.15, 0.2) is 0 Å². The number of hydrogen-bond donors (Lipinski definition) is 2. The molecule has 0 aromatic heterocycles. The summed E-state index contributed by atoms with van der Waals surface area (Å²) in [6.45, 7) is 3.81. The molecule has 3 N–H and O–H groups in total. The number of benzene rings is 1. The van der Waals surface area contributed by atoms with Gasteiger partial charge in [0, 0.05) is 6.21 Å². The van der Waals surface area contributed by atoms with Gasteiger partial charge >= 0.3 is 5.97 Å². The average molecular weight is 249 g/mol. The van der Waals surface area contributed by atoms with Gasteiger partial charge in [-0.3, -0.25) is 10.2 Å². The summed E-state index contributed by atoms with van der Waals surface area (Å²) < 4.78 is 4.60. The molecule has 18 heavy (non-hydrogen) atoms. The van der Waals surface area contributed by atoms with Crippen LogP contribution in [0.1, 0.15) is 18.1 Å². The highest BCUT2D eigenvalue weighted by Gasteiger charge is 2.14. The molecule has 0 aliphatic heterocycles. The number of ether oxygens (including phenoxy) is 1. The van der Waals surface area contributed by atoms with E-state index in [0.29, 0.717) is 6.42 Å². The average Bonchev–Trinajstić information content (AvgIpc) is 2.36. The lowest BCUT2D eigenvalue weighted by molar-refractivity contribution is -0.142. The number of nitrogens with zero attached hydrogens (tertiary/aromatic N) is 1. The molecule has 0 amide bonds. The number of hydrazone groups is 1. The predicted octanol–water partition coefficient (Wildman–Crippen LogP) is 1.46. The van der Waals surface area contributed by atoms with E-state index in [0.717, 1.165) is 16.8 Å². The smallest absolute Gasteiger partial charge is 0.322 e. The van der Waals surface area contributed by atoms with Crippen molar-refractivity contribution in [3.8, 4) is 0 Å². The van der Waals surface area contributed by atoms with E-state index in [9.17, 15) is 4.79 Å². The molecule has 0 spiro atoms. The van der Waals surface area contributed by atoms with Gasteiger partial charge in [0.2, 0.25) is 0 Å². The molecule has 1 unspecified atom stereocenters. The monoisotopic (exact) mass is 249 g/mol. The summed E-state index contributed by atoms with van der Waals surface area (Å²) in [4.78, 5) is 11.2. The van der Waals surface area contributed by atoms with Crippen molar-refractivity contribution in [2.75, 3.05) is 12.5 Å². The summed E-state index contributed by atoms with van der Waals surface area (Å²) >= 11 is 0. The molecule has 0 radical (unpaired) electrons. The van der Waals surface area contributed by atoms with E-state index in [1.807, 2.05) is 32.0 Å². The van der Waals surface area contributed by atoms with Gasteiger partial charge in [-0.1, -0.05) is 12.1 Å². The maximum atomic E-state index is 11.2. The van der Waals surface area contributed by atoms with Crippen LogP contribution in [0.15, 0.2) is 23.3 Å². The molecule has 5 nitrogen and oxygen atoms in total. The molecule has 98 valence electrons. The number of carbonyl (C=O) groups excluding carboxylic acids is 1.